The van der Waals surface area contributed by atoms with Crippen molar-refractivity contribution in [3.63, 3.8) is 0 Å². The van der Waals surface area contributed by atoms with Crippen LogP contribution in [0.1, 0.15) is 77.6 Å². The molecule has 0 radical (unpaired) electrons. The van der Waals surface area contributed by atoms with E-state index in [0.29, 0.717) is 126 Å². The third kappa shape index (κ3) is 41.6. The van der Waals surface area contributed by atoms with Gasteiger partial charge in [0.15, 0.2) is 0 Å². The standard InChI is InChI=1S/C33H68O11/c1-2-3-4-5-6-7-8-9-10-11-14-35-18-19-36-15-12-16-37-20-22-39-24-26-41-28-30-43-32-33-44-31-29-42-27-25-40-23-21-38-17-13-34/h34H,2-33H2,1H3. The molecule has 0 atom stereocenters. The van der Waals surface area contributed by atoms with Crippen LogP contribution in [0.2, 0.25) is 0 Å². The van der Waals surface area contributed by atoms with Gasteiger partial charge in [-0.1, -0.05) is 64.7 Å². The van der Waals surface area contributed by atoms with Crippen LogP contribution in [-0.2, 0) is 47.4 Å². The number of hydrogen-bond donors (Lipinski definition) is 1. The average molecular weight is 641 g/mol. The molecule has 0 heterocycles. The summed E-state index contributed by atoms with van der Waals surface area (Å²) in [7, 11) is 0. The summed E-state index contributed by atoms with van der Waals surface area (Å²) in [6.07, 6.45) is 14.3. The highest BCUT2D eigenvalue weighted by Crippen LogP contribution is 2.10. The van der Waals surface area contributed by atoms with Gasteiger partial charge in [0.2, 0.25) is 0 Å². The zero-order valence-electron chi connectivity index (χ0n) is 28.2. The summed E-state index contributed by atoms with van der Waals surface area (Å²) in [5, 5.41) is 8.58. The predicted octanol–water partition coefficient (Wildman–Crippen LogP) is 4.46. The molecule has 0 fully saturated rings. The van der Waals surface area contributed by atoms with Crippen LogP contribution in [0.3, 0.4) is 0 Å². The van der Waals surface area contributed by atoms with Crippen molar-refractivity contribution in [2.45, 2.75) is 77.6 Å². The first-order valence-corrected chi connectivity index (χ1v) is 17.3. The van der Waals surface area contributed by atoms with Crippen LogP contribution >= 0.6 is 0 Å². The van der Waals surface area contributed by atoms with Gasteiger partial charge in [0, 0.05) is 19.8 Å². The topological polar surface area (TPSA) is 113 Å². The molecule has 11 heteroatoms. The Labute approximate surface area is 268 Å². The van der Waals surface area contributed by atoms with Gasteiger partial charge in [0.25, 0.3) is 0 Å². The monoisotopic (exact) mass is 640 g/mol. The lowest BCUT2D eigenvalue weighted by molar-refractivity contribution is -0.0243. The Morgan fingerprint density at radius 3 is 0.773 bits per heavy atom. The van der Waals surface area contributed by atoms with Gasteiger partial charge in [-0.3, -0.25) is 0 Å². The Morgan fingerprint density at radius 1 is 0.250 bits per heavy atom. The second-order valence-electron chi connectivity index (χ2n) is 10.4. The lowest BCUT2D eigenvalue weighted by Crippen LogP contribution is -2.15. The van der Waals surface area contributed by atoms with Gasteiger partial charge in [-0.25, -0.2) is 0 Å². The van der Waals surface area contributed by atoms with E-state index in [2.05, 4.69) is 6.92 Å². The van der Waals surface area contributed by atoms with Gasteiger partial charge in [0.05, 0.1) is 119 Å². The lowest BCUT2D eigenvalue weighted by atomic mass is 10.1. The molecule has 0 saturated heterocycles. The van der Waals surface area contributed by atoms with E-state index in [9.17, 15) is 0 Å². The van der Waals surface area contributed by atoms with Crippen LogP contribution < -0.4 is 0 Å². The number of aliphatic hydroxyl groups excluding tert-OH is 1. The van der Waals surface area contributed by atoms with Gasteiger partial charge < -0.3 is 52.5 Å². The summed E-state index contributed by atoms with van der Waals surface area (Å²) in [5.74, 6) is 0. The van der Waals surface area contributed by atoms with Crippen molar-refractivity contribution < 1.29 is 52.5 Å². The van der Waals surface area contributed by atoms with Gasteiger partial charge in [-0.2, -0.15) is 0 Å². The predicted molar refractivity (Wildman–Crippen MR) is 172 cm³/mol. The number of aliphatic hydroxyl groups is 1. The van der Waals surface area contributed by atoms with Gasteiger partial charge in [0.1, 0.15) is 0 Å². The molecule has 0 aromatic rings. The smallest absolute Gasteiger partial charge is 0.0701 e. The van der Waals surface area contributed by atoms with Gasteiger partial charge in [-0.05, 0) is 12.8 Å². The molecule has 11 nitrogen and oxygen atoms in total. The Kier molecular flexibility index (Phi) is 42.1. The summed E-state index contributed by atoms with van der Waals surface area (Å²) in [6, 6.07) is 0. The van der Waals surface area contributed by atoms with E-state index >= 15 is 0 Å². The van der Waals surface area contributed by atoms with Crippen molar-refractivity contribution in [1.82, 2.24) is 0 Å². The third-order valence-electron chi connectivity index (χ3n) is 6.43. The molecule has 0 bridgehead atoms. The van der Waals surface area contributed by atoms with Crippen molar-refractivity contribution in [2.24, 2.45) is 0 Å². The minimum Gasteiger partial charge on any atom is -0.394 e. The summed E-state index contributed by atoms with van der Waals surface area (Å²) in [5.41, 5.74) is 0. The molecule has 1 N–H and O–H groups in total. The molecule has 0 spiro atoms. The van der Waals surface area contributed by atoms with E-state index in [0.717, 1.165) is 19.4 Å². The minimum atomic E-state index is 0.0307. The molecule has 0 rings (SSSR count). The van der Waals surface area contributed by atoms with E-state index in [-0.39, 0.29) is 6.61 Å². The van der Waals surface area contributed by atoms with Crippen molar-refractivity contribution in [1.29, 1.82) is 0 Å². The molecule has 44 heavy (non-hydrogen) atoms. The quantitative estimate of drug-likeness (QED) is 0.0957. The molecule has 0 aromatic heterocycles. The largest absolute Gasteiger partial charge is 0.394 e. The SMILES string of the molecule is CCCCCCCCCCCCOCCOCCCOCCOCCOCCOCCOCCOCCOCCOCCO. The Morgan fingerprint density at radius 2 is 0.477 bits per heavy atom. The van der Waals surface area contributed by atoms with Crippen LogP contribution in [0.25, 0.3) is 0 Å². The van der Waals surface area contributed by atoms with Crippen molar-refractivity contribution >= 4 is 0 Å². The summed E-state index contributed by atoms with van der Waals surface area (Å²) < 4.78 is 54.6. The summed E-state index contributed by atoms with van der Waals surface area (Å²) >= 11 is 0. The highest BCUT2D eigenvalue weighted by molar-refractivity contribution is 4.47. The number of ether oxygens (including phenoxy) is 10. The van der Waals surface area contributed by atoms with Crippen LogP contribution in [0.5, 0.6) is 0 Å². The first kappa shape index (κ1) is 43.6. The fourth-order valence-corrected chi connectivity index (χ4v) is 3.98. The van der Waals surface area contributed by atoms with Crippen molar-refractivity contribution in [2.75, 3.05) is 139 Å². The number of hydrogen-bond acceptors (Lipinski definition) is 11. The van der Waals surface area contributed by atoms with Crippen LogP contribution in [0.15, 0.2) is 0 Å². The zero-order chi connectivity index (χ0) is 31.7. The van der Waals surface area contributed by atoms with E-state index in [1.54, 1.807) is 0 Å². The molecule has 266 valence electrons. The first-order chi connectivity index (χ1) is 21.9. The Bertz CT molecular complexity index is 447. The fourth-order valence-electron chi connectivity index (χ4n) is 3.98. The van der Waals surface area contributed by atoms with E-state index < -0.39 is 0 Å². The summed E-state index contributed by atoms with van der Waals surface area (Å²) in [4.78, 5) is 0. The van der Waals surface area contributed by atoms with E-state index in [1.165, 1.54) is 57.8 Å². The van der Waals surface area contributed by atoms with Crippen LogP contribution in [0, 0.1) is 0 Å². The summed E-state index contributed by atoms with van der Waals surface area (Å²) in [6.45, 7) is 13.5. The Hall–Kier alpha value is -0.440. The van der Waals surface area contributed by atoms with E-state index in [4.69, 9.17) is 52.5 Å². The Balaban J connectivity index is 3.03. The second kappa shape index (κ2) is 42.6. The number of rotatable bonds is 41. The molecule has 0 aliphatic rings. The van der Waals surface area contributed by atoms with Gasteiger partial charge in [-0.15, -0.1) is 0 Å². The van der Waals surface area contributed by atoms with Gasteiger partial charge >= 0.3 is 0 Å². The molecule has 0 amide bonds. The second-order valence-corrected chi connectivity index (χ2v) is 10.4. The first-order valence-electron chi connectivity index (χ1n) is 17.3. The van der Waals surface area contributed by atoms with Crippen LogP contribution in [0.4, 0.5) is 0 Å². The highest BCUT2D eigenvalue weighted by atomic mass is 16.6. The van der Waals surface area contributed by atoms with Crippen molar-refractivity contribution in [3.8, 4) is 0 Å². The van der Waals surface area contributed by atoms with Crippen LogP contribution in [-0.4, -0.2) is 144 Å². The van der Waals surface area contributed by atoms with Crippen molar-refractivity contribution in [3.05, 3.63) is 0 Å². The molecule has 0 saturated carbocycles. The minimum absolute atomic E-state index is 0.0307. The van der Waals surface area contributed by atoms with E-state index in [1.807, 2.05) is 0 Å². The molecule has 0 aliphatic carbocycles. The molecular weight excluding hydrogens is 572 g/mol. The highest BCUT2D eigenvalue weighted by Gasteiger charge is 1.97. The maximum atomic E-state index is 8.58. The maximum Gasteiger partial charge on any atom is 0.0701 e. The normalized spacial score (nSPS) is 11.6. The average Bonchev–Trinajstić information content (AvgIpc) is 3.04. The maximum absolute atomic E-state index is 8.58. The molecular formula is C33H68O11. The molecule has 0 aliphatic heterocycles. The number of unbranched alkanes of at least 4 members (excludes halogenated alkanes) is 9. The molecule has 0 aromatic carbocycles. The third-order valence-corrected chi connectivity index (χ3v) is 6.43. The lowest BCUT2D eigenvalue weighted by Gasteiger charge is -2.09. The molecule has 0 unspecified atom stereocenters. The fraction of sp³-hybridized carbons (Fsp3) is 1.00. The zero-order valence-corrected chi connectivity index (χ0v) is 28.2.